The molecule has 1 aromatic rings. The minimum atomic E-state index is -0.846. The second-order valence-corrected chi connectivity index (χ2v) is 4.20. The highest BCUT2D eigenvalue weighted by Crippen LogP contribution is 2.16. The van der Waals surface area contributed by atoms with Crippen molar-refractivity contribution in [3.63, 3.8) is 0 Å². The van der Waals surface area contributed by atoms with Crippen molar-refractivity contribution < 1.29 is 9.90 Å². The molecular formula is C8H13N3O2S. The van der Waals surface area contributed by atoms with Crippen LogP contribution in [0.3, 0.4) is 0 Å². The van der Waals surface area contributed by atoms with E-state index in [1.165, 1.54) is 11.3 Å². The van der Waals surface area contributed by atoms with Crippen molar-refractivity contribution in [3.8, 4) is 0 Å². The maximum Gasteiger partial charge on any atom is 0.323 e. The van der Waals surface area contributed by atoms with Crippen LogP contribution in [-0.2, 0) is 4.79 Å². The van der Waals surface area contributed by atoms with Gasteiger partial charge < -0.3 is 10.0 Å². The van der Waals surface area contributed by atoms with E-state index in [1.54, 1.807) is 10.4 Å². The summed E-state index contributed by atoms with van der Waals surface area (Å²) in [6.07, 6.45) is 0. The molecule has 0 radical (unpaired) electrons. The van der Waals surface area contributed by atoms with Gasteiger partial charge in [-0.3, -0.25) is 4.79 Å². The van der Waals surface area contributed by atoms with E-state index in [4.69, 9.17) is 5.11 Å². The van der Waals surface area contributed by atoms with Crippen LogP contribution >= 0.6 is 11.3 Å². The fourth-order valence-corrected chi connectivity index (χ4v) is 1.69. The molecule has 0 aliphatic rings. The van der Waals surface area contributed by atoms with Crippen LogP contribution in [0.5, 0.6) is 0 Å². The van der Waals surface area contributed by atoms with Gasteiger partial charge in [0.2, 0.25) is 5.13 Å². The van der Waals surface area contributed by atoms with Crippen molar-refractivity contribution in [2.45, 2.75) is 13.8 Å². The van der Waals surface area contributed by atoms with E-state index >= 15 is 0 Å². The Hall–Kier alpha value is -1.17. The Labute approximate surface area is 86.4 Å². The molecule has 14 heavy (non-hydrogen) atoms. The van der Waals surface area contributed by atoms with E-state index in [0.717, 1.165) is 0 Å². The van der Waals surface area contributed by atoms with Gasteiger partial charge in [0.15, 0.2) is 0 Å². The first-order chi connectivity index (χ1) is 6.59. The molecule has 0 aromatic carbocycles. The summed E-state index contributed by atoms with van der Waals surface area (Å²) in [4.78, 5) is 12.3. The zero-order valence-corrected chi connectivity index (χ0v) is 8.99. The number of carboxylic acids is 1. The molecular weight excluding hydrogens is 202 g/mol. The molecule has 0 atom stereocenters. The highest BCUT2D eigenvalue weighted by molar-refractivity contribution is 7.13. The summed E-state index contributed by atoms with van der Waals surface area (Å²) >= 11 is 1.36. The predicted octanol–water partition coefficient (Wildman–Crippen LogP) is 1.09. The first-order valence-corrected chi connectivity index (χ1v) is 5.20. The summed E-state index contributed by atoms with van der Waals surface area (Å²) < 4.78 is 0. The Morgan fingerprint density at radius 1 is 1.71 bits per heavy atom. The Kier molecular flexibility index (Phi) is 3.82. The third-order valence-corrected chi connectivity index (χ3v) is 2.28. The molecule has 0 spiro atoms. The van der Waals surface area contributed by atoms with Crippen molar-refractivity contribution in [1.82, 2.24) is 10.2 Å². The van der Waals surface area contributed by atoms with Crippen LogP contribution in [0.1, 0.15) is 13.8 Å². The van der Waals surface area contributed by atoms with Crippen LogP contribution in [0, 0.1) is 5.92 Å². The van der Waals surface area contributed by atoms with Crippen molar-refractivity contribution in [1.29, 1.82) is 0 Å². The van der Waals surface area contributed by atoms with Gasteiger partial charge in [-0.05, 0) is 5.92 Å². The second kappa shape index (κ2) is 4.90. The minimum Gasteiger partial charge on any atom is -0.480 e. The van der Waals surface area contributed by atoms with Gasteiger partial charge in [0, 0.05) is 6.54 Å². The number of anilines is 1. The number of hydrogen-bond acceptors (Lipinski definition) is 5. The zero-order chi connectivity index (χ0) is 10.6. The number of carboxylic acid groups (broad SMARTS) is 1. The van der Waals surface area contributed by atoms with Crippen LogP contribution in [-0.4, -0.2) is 34.4 Å². The lowest BCUT2D eigenvalue weighted by atomic mass is 10.2. The van der Waals surface area contributed by atoms with Crippen LogP contribution < -0.4 is 4.90 Å². The standard InChI is InChI=1S/C8H13N3O2S/c1-6(2)3-11(4-7(12)13)8-10-9-5-14-8/h5-6H,3-4H2,1-2H3,(H,12,13). The van der Waals surface area contributed by atoms with Gasteiger partial charge in [0.05, 0.1) is 0 Å². The van der Waals surface area contributed by atoms with E-state index in [2.05, 4.69) is 10.2 Å². The topological polar surface area (TPSA) is 66.3 Å². The highest BCUT2D eigenvalue weighted by Gasteiger charge is 2.14. The first-order valence-electron chi connectivity index (χ1n) is 4.32. The summed E-state index contributed by atoms with van der Waals surface area (Å²) in [6.45, 7) is 4.74. The highest BCUT2D eigenvalue weighted by atomic mass is 32.1. The molecule has 1 N–H and O–H groups in total. The van der Waals surface area contributed by atoms with Gasteiger partial charge in [-0.15, -0.1) is 10.2 Å². The molecule has 78 valence electrons. The number of carbonyl (C=O) groups is 1. The third kappa shape index (κ3) is 3.29. The second-order valence-electron chi connectivity index (χ2n) is 3.39. The lowest BCUT2D eigenvalue weighted by Gasteiger charge is -2.20. The Morgan fingerprint density at radius 3 is 2.86 bits per heavy atom. The molecule has 0 bridgehead atoms. The molecule has 1 rings (SSSR count). The SMILES string of the molecule is CC(C)CN(CC(=O)O)c1nncs1. The number of aromatic nitrogens is 2. The summed E-state index contributed by atoms with van der Waals surface area (Å²) in [5, 5.41) is 16.9. The van der Waals surface area contributed by atoms with Crippen LogP contribution in [0.2, 0.25) is 0 Å². The summed E-state index contributed by atoms with van der Waals surface area (Å²) in [7, 11) is 0. The van der Waals surface area contributed by atoms with Gasteiger partial charge >= 0.3 is 5.97 Å². The number of nitrogens with zero attached hydrogens (tertiary/aromatic N) is 3. The molecule has 0 amide bonds. The summed E-state index contributed by atoms with van der Waals surface area (Å²) in [6, 6.07) is 0. The quantitative estimate of drug-likeness (QED) is 0.796. The van der Waals surface area contributed by atoms with E-state index in [9.17, 15) is 4.79 Å². The van der Waals surface area contributed by atoms with E-state index in [-0.39, 0.29) is 6.54 Å². The average Bonchev–Trinajstić information content (AvgIpc) is 2.52. The van der Waals surface area contributed by atoms with Crippen molar-refractivity contribution >= 4 is 22.4 Å². The number of rotatable bonds is 5. The molecule has 1 aromatic heterocycles. The molecule has 0 aliphatic heterocycles. The van der Waals surface area contributed by atoms with Gasteiger partial charge in [-0.25, -0.2) is 0 Å². The largest absolute Gasteiger partial charge is 0.480 e. The third-order valence-electron chi connectivity index (χ3n) is 1.53. The van der Waals surface area contributed by atoms with Gasteiger partial charge in [0.1, 0.15) is 12.1 Å². The molecule has 0 saturated heterocycles. The Morgan fingerprint density at radius 2 is 2.43 bits per heavy atom. The zero-order valence-electron chi connectivity index (χ0n) is 8.17. The van der Waals surface area contributed by atoms with E-state index in [0.29, 0.717) is 17.6 Å². The van der Waals surface area contributed by atoms with Gasteiger partial charge in [0.25, 0.3) is 0 Å². The smallest absolute Gasteiger partial charge is 0.323 e. The van der Waals surface area contributed by atoms with Crippen LogP contribution in [0.25, 0.3) is 0 Å². The average molecular weight is 215 g/mol. The molecule has 0 aliphatic carbocycles. The van der Waals surface area contributed by atoms with Crippen LogP contribution in [0.15, 0.2) is 5.51 Å². The molecule has 0 unspecified atom stereocenters. The van der Waals surface area contributed by atoms with Crippen molar-refractivity contribution in [2.75, 3.05) is 18.0 Å². The van der Waals surface area contributed by atoms with Gasteiger partial charge in [-0.2, -0.15) is 0 Å². The molecule has 6 heteroatoms. The Bertz CT molecular complexity index is 287. The first kappa shape index (κ1) is 10.9. The fraction of sp³-hybridized carbons (Fsp3) is 0.625. The maximum absolute atomic E-state index is 10.6. The molecule has 0 saturated carbocycles. The molecule has 0 fully saturated rings. The summed E-state index contributed by atoms with van der Waals surface area (Å²) in [5.41, 5.74) is 1.60. The normalized spacial score (nSPS) is 10.5. The maximum atomic E-state index is 10.6. The van der Waals surface area contributed by atoms with Crippen molar-refractivity contribution in [3.05, 3.63) is 5.51 Å². The number of hydrogen-bond donors (Lipinski definition) is 1. The fourth-order valence-electron chi connectivity index (χ4n) is 1.12. The van der Waals surface area contributed by atoms with Gasteiger partial charge in [-0.1, -0.05) is 25.2 Å². The molecule has 1 heterocycles. The number of aliphatic carboxylic acids is 1. The lowest BCUT2D eigenvalue weighted by molar-refractivity contribution is -0.135. The van der Waals surface area contributed by atoms with Crippen LogP contribution in [0.4, 0.5) is 5.13 Å². The monoisotopic (exact) mass is 215 g/mol. The molecule has 5 nitrogen and oxygen atoms in total. The van der Waals surface area contributed by atoms with E-state index < -0.39 is 5.97 Å². The van der Waals surface area contributed by atoms with E-state index in [1.807, 2.05) is 13.8 Å². The Balaban J connectivity index is 2.67. The predicted molar refractivity (Wildman–Crippen MR) is 54.6 cm³/mol. The lowest BCUT2D eigenvalue weighted by Crippen LogP contribution is -2.32. The van der Waals surface area contributed by atoms with Crippen molar-refractivity contribution in [2.24, 2.45) is 5.92 Å². The summed E-state index contributed by atoms with van der Waals surface area (Å²) in [5.74, 6) is -0.445. The minimum absolute atomic E-state index is 0.0205.